The standard InChI is InChI=1S/C15H20BrNO/c16-14-6-2-5-13-12(14)7-8-15(13)17-10-3-1-4-11(18)9-10/h2,5-6,10-11,15,17-18H,1,3-4,7-9H2. The highest BCUT2D eigenvalue weighted by Crippen LogP contribution is 2.36. The fraction of sp³-hybridized carbons (Fsp3) is 0.600. The van der Waals surface area contributed by atoms with Crippen LogP contribution in [-0.4, -0.2) is 17.3 Å². The maximum atomic E-state index is 9.75. The summed E-state index contributed by atoms with van der Waals surface area (Å²) in [5.74, 6) is 0. The molecule has 0 amide bonds. The van der Waals surface area contributed by atoms with Gasteiger partial charge in [-0.1, -0.05) is 28.1 Å². The zero-order chi connectivity index (χ0) is 12.5. The molecule has 0 spiro atoms. The lowest BCUT2D eigenvalue weighted by Gasteiger charge is -2.29. The van der Waals surface area contributed by atoms with Crippen LogP contribution < -0.4 is 5.32 Å². The lowest BCUT2D eigenvalue weighted by Crippen LogP contribution is -2.37. The molecule has 1 saturated carbocycles. The van der Waals surface area contributed by atoms with Gasteiger partial charge in [0.1, 0.15) is 0 Å². The van der Waals surface area contributed by atoms with Crippen molar-refractivity contribution in [3.8, 4) is 0 Å². The fourth-order valence-electron chi connectivity index (χ4n) is 3.38. The van der Waals surface area contributed by atoms with Crippen LogP contribution in [0.25, 0.3) is 0 Å². The second kappa shape index (κ2) is 5.32. The molecule has 98 valence electrons. The zero-order valence-electron chi connectivity index (χ0n) is 10.5. The summed E-state index contributed by atoms with van der Waals surface area (Å²) in [4.78, 5) is 0. The van der Waals surface area contributed by atoms with E-state index in [-0.39, 0.29) is 6.10 Å². The van der Waals surface area contributed by atoms with E-state index in [0.717, 1.165) is 25.7 Å². The molecule has 3 unspecified atom stereocenters. The molecule has 18 heavy (non-hydrogen) atoms. The SMILES string of the molecule is OC1CCCC(NC2CCc3c(Br)cccc32)C1. The average Bonchev–Trinajstić information content (AvgIpc) is 2.74. The first-order chi connectivity index (χ1) is 8.74. The fourth-order valence-corrected chi connectivity index (χ4v) is 3.96. The number of aliphatic hydroxyl groups is 1. The molecule has 0 heterocycles. The predicted octanol–water partition coefficient (Wildman–Crippen LogP) is 3.33. The molecule has 0 aliphatic heterocycles. The smallest absolute Gasteiger partial charge is 0.0555 e. The summed E-state index contributed by atoms with van der Waals surface area (Å²) in [6, 6.07) is 7.46. The molecule has 2 aliphatic rings. The van der Waals surface area contributed by atoms with Crippen molar-refractivity contribution in [1.82, 2.24) is 5.32 Å². The molecule has 2 aliphatic carbocycles. The number of nitrogens with one attached hydrogen (secondary N) is 1. The summed E-state index contributed by atoms with van der Waals surface area (Å²) in [5.41, 5.74) is 2.91. The minimum absolute atomic E-state index is 0.0976. The largest absolute Gasteiger partial charge is 0.393 e. The first kappa shape index (κ1) is 12.6. The highest BCUT2D eigenvalue weighted by Gasteiger charge is 2.28. The molecule has 0 bridgehead atoms. The third-order valence-electron chi connectivity index (χ3n) is 4.30. The van der Waals surface area contributed by atoms with E-state index >= 15 is 0 Å². The van der Waals surface area contributed by atoms with Gasteiger partial charge in [0.2, 0.25) is 0 Å². The molecule has 0 saturated heterocycles. The van der Waals surface area contributed by atoms with Crippen LogP contribution in [0.5, 0.6) is 0 Å². The summed E-state index contributed by atoms with van der Waals surface area (Å²) in [6.07, 6.45) is 6.49. The third kappa shape index (κ3) is 2.49. The summed E-state index contributed by atoms with van der Waals surface area (Å²) in [6.45, 7) is 0. The molecular formula is C15H20BrNO. The van der Waals surface area contributed by atoms with Gasteiger partial charge < -0.3 is 10.4 Å². The van der Waals surface area contributed by atoms with Crippen molar-refractivity contribution in [2.75, 3.05) is 0 Å². The van der Waals surface area contributed by atoms with E-state index in [1.807, 2.05) is 0 Å². The molecule has 3 rings (SSSR count). The van der Waals surface area contributed by atoms with Crippen molar-refractivity contribution < 1.29 is 5.11 Å². The molecule has 1 fully saturated rings. The van der Waals surface area contributed by atoms with E-state index in [2.05, 4.69) is 39.4 Å². The summed E-state index contributed by atoms with van der Waals surface area (Å²) >= 11 is 3.64. The molecule has 1 aromatic carbocycles. The van der Waals surface area contributed by atoms with Crippen molar-refractivity contribution in [2.45, 2.75) is 56.7 Å². The van der Waals surface area contributed by atoms with E-state index in [0.29, 0.717) is 12.1 Å². The van der Waals surface area contributed by atoms with E-state index < -0.39 is 0 Å². The molecule has 2 nitrogen and oxygen atoms in total. The number of hydrogen-bond acceptors (Lipinski definition) is 2. The first-order valence-corrected chi connectivity index (χ1v) is 7.75. The Labute approximate surface area is 117 Å². The van der Waals surface area contributed by atoms with Gasteiger partial charge in [0.25, 0.3) is 0 Å². The number of benzene rings is 1. The topological polar surface area (TPSA) is 32.3 Å². The molecule has 1 aromatic rings. The molecule has 0 radical (unpaired) electrons. The Balaban J connectivity index is 1.71. The lowest BCUT2D eigenvalue weighted by atomic mass is 9.92. The van der Waals surface area contributed by atoms with E-state index in [4.69, 9.17) is 0 Å². The second-order valence-electron chi connectivity index (χ2n) is 5.58. The molecule has 2 N–H and O–H groups in total. The van der Waals surface area contributed by atoms with Crippen molar-refractivity contribution in [3.05, 3.63) is 33.8 Å². The van der Waals surface area contributed by atoms with E-state index in [1.54, 1.807) is 0 Å². The van der Waals surface area contributed by atoms with Crippen LogP contribution in [0.15, 0.2) is 22.7 Å². The van der Waals surface area contributed by atoms with Crippen molar-refractivity contribution >= 4 is 15.9 Å². The van der Waals surface area contributed by atoms with E-state index in [9.17, 15) is 5.11 Å². The molecule has 3 atom stereocenters. The number of rotatable bonds is 2. The van der Waals surface area contributed by atoms with Gasteiger partial charge in [-0.3, -0.25) is 0 Å². The van der Waals surface area contributed by atoms with Gasteiger partial charge >= 0.3 is 0 Å². The van der Waals surface area contributed by atoms with Gasteiger partial charge in [-0.25, -0.2) is 0 Å². The quantitative estimate of drug-likeness (QED) is 0.878. The normalized spacial score (nSPS) is 31.3. The first-order valence-electron chi connectivity index (χ1n) is 6.95. The van der Waals surface area contributed by atoms with Crippen LogP contribution in [0, 0.1) is 0 Å². The Morgan fingerprint density at radius 3 is 2.94 bits per heavy atom. The van der Waals surface area contributed by atoms with Gasteiger partial charge in [0.15, 0.2) is 0 Å². The Hall–Kier alpha value is -0.380. The van der Waals surface area contributed by atoms with E-state index in [1.165, 1.54) is 28.4 Å². The third-order valence-corrected chi connectivity index (χ3v) is 5.04. The van der Waals surface area contributed by atoms with Crippen LogP contribution in [0.4, 0.5) is 0 Å². The number of hydrogen-bond donors (Lipinski definition) is 2. The maximum Gasteiger partial charge on any atom is 0.0555 e. The lowest BCUT2D eigenvalue weighted by molar-refractivity contribution is 0.108. The van der Waals surface area contributed by atoms with Gasteiger partial charge in [0, 0.05) is 16.6 Å². The Bertz CT molecular complexity index is 435. The molecule has 0 aromatic heterocycles. The van der Waals surface area contributed by atoms with Crippen LogP contribution in [0.2, 0.25) is 0 Å². The number of aliphatic hydroxyl groups excluding tert-OH is 1. The van der Waals surface area contributed by atoms with Gasteiger partial charge in [-0.15, -0.1) is 0 Å². The molecule has 3 heteroatoms. The van der Waals surface area contributed by atoms with Crippen molar-refractivity contribution in [3.63, 3.8) is 0 Å². The summed E-state index contributed by atoms with van der Waals surface area (Å²) < 4.78 is 1.24. The van der Waals surface area contributed by atoms with Gasteiger partial charge in [-0.05, 0) is 55.7 Å². The Kier molecular flexibility index (Phi) is 3.73. The Morgan fingerprint density at radius 1 is 1.22 bits per heavy atom. The molecular weight excluding hydrogens is 290 g/mol. The summed E-state index contributed by atoms with van der Waals surface area (Å²) in [5, 5.41) is 13.5. The number of fused-ring (bicyclic) bond motifs is 1. The number of halogens is 1. The Morgan fingerprint density at radius 2 is 2.11 bits per heavy atom. The van der Waals surface area contributed by atoms with Crippen molar-refractivity contribution in [2.24, 2.45) is 0 Å². The monoisotopic (exact) mass is 309 g/mol. The summed E-state index contributed by atoms with van der Waals surface area (Å²) in [7, 11) is 0. The van der Waals surface area contributed by atoms with Gasteiger partial charge in [-0.2, -0.15) is 0 Å². The van der Waals surface area contributed by atoms with Crippen molar-refractivity contribution in [1.29, 1.82) is 0 Å². The minimum Gasteiger partial charge on any atom is -0.393 e. The highest BCUT2D eigenvalue weighted by atomic mass is 79.9. The van der Waals surface area contributed by atoms with Gasteiger partial charge in [0.05, 0.1) is 6.10 Å². The average molecular weight is 310 g/mol. The maximum absolute atomic E-state index is 9.75. The van der Waals surface area contributed by atoms with Crippen LogP contribution in [0.1, 0.15) is 49.3 Å². The zero-order valence-corrected chi connectivity index (χ0v) is 12.1. The highest BCUT2D eigenvalue weighted by molar-refractivity contribution is 9.10. The minimum atomic E-state index is -0.0976. The van der Waals surface area contributed by atoms with Crippen LogP contribution in [0.3, 0.4) is 0 Å². The van der Waals surface area contributed by atoms with Crippen LogP contribution >= 0.6 is 15.9 Å². The van der Waals surface area contributed by atoms with Crippen LogP contribution in [-0.2, 0) is 6.42 Å². The predicted molar refractivity (Wildman–Crippen MR) is 76.6 cm³/mol. The second-order valence-corrected chi connectivity index (χ2v) is 6.44.